The molecule has 80 valence electrons. The average Bonchev–Trinajstić information content (AvgIpc) is 2.17. The Balaban J connectivity index is 0.00000112. The number of hydrogen-bond acceptors (Lipinski definition) is 3. The van der Waals surface area contributed by atoms with E-state index in [1.807, 2.05) is 24.3 Å². The molecule has 15 heavy (non-hydrogen) atoms. The lowest BCUT2D eigenvalue weighted by Crippen LogP contribution is -2.27. The van der Waals surface area contributed by atoms with Gasteiger partial charge in [-0.3, -0.25) is 0 Å². The third kappa shape index (κ3) is 2.54. The fraction of sp³-hybridized carbons (Fsp3) is 0. The quantitative estimate of drug-likeness (QED) is 0.483. The monoisotopic (exact) mass is 226 g/mol. The maximum Gasteiger partial charge on any atom is 0.192 e. The fourth-order valence-electron chi connectivity index (χ4n) is 1.17. The van der Waals surface area contributed by atoms with Gasteiger partial charge in [-0.1, -0.05) is 18.2 Å². The van der Waals surface area contributed by atoms with Crippen LogP contribution in [0.1, 0.15) is 5.56 Å². The smallest absolute Gasteiger partial charge is 0.192 e. The number of nitrogens with one attached hydrogen (secondary N) is 1. The molecule has 1 aliphatic heterocycles. The first-order valence-corrected chi connectivity index (χ1v) is 4.09. The van der Waals surface area contributed by atoms with Crippen molar-refractivity contribution in [2.75, 3.05) is 0 Å². The zero-order valence-electron chi connectivity index (χ0n) is 7.81. The summed E-state index contributed by atoms with van der Waals surface area (Å²) >= 11 is 0. The van der Waals surface area contributed by atoms with E-state index in [9.17, 15) is 0 Å². The Kier molecular flexibility index (Phi) is 3.41. The van der Waals surface area contributed by atoms with Crippen LogP contribution in [0.25, 0.3) is 6.08 Å². The predicted octanol–water partition coefficient (Wildman–Crippen LogP) is 0.577. The van der Waals surface area contributed by atoms with Gasteiger partial charge in [0.1, 0.15) is 0 Å². The summed E-state index contributed by atoms with van der Waals surface area (Å²) in [5.41, 5.74) is 14.0. The van der Waals surface area contributed by atoms with Crippen molar-refractivity contribution in [2.24, 2.45) is 16.5 Å². The molecule has 0 radical (unpaired) electrons. The number of fused-ring (bicyclic) bond motifs is 1. The summed E-state index contributed by atoms with van der Waals surface area (Å²) in [6, 6.07) is 7.57. The number of hydroxylamine groups is 1. The van der Waals surface area contributed by atoms with Crippen molar-refractivity contribution in [3.8, 4) is 5.75 Å². The molecule has 0 aromatic heterocycles. The van der Waals surface area contributed by atoms with Crippen LogP contribution in [0.3, 0.4) is 0 Å². The molecule has 5 N–H and O–H groups in total. The molecule has 1 aromatic carbocycles. The summed E-state index contributed by atoms with van der Waals surface area (Å²) in [6.45, 7) is 0. The van der Waals surface area contributed by atoms with Crippen molar-refractivity contribution >= 4 is 24.4 Å². The molecule has 0 saturated carbocycles. The van der Waals surface area contributed by atoms with Crippen molar-refractivity contribution in [2.45, 2.75) is 0 Å². The summed E-state index contributed by atoms with van der Waals surface area (Å²) in [4.78, 5) is 9.03. The zero-order chi connectivity index (χ0) is 9.97. The summed E-state index contributed by atoms with van der Waals surface area (Å²) in [5.74, 6) is 1.23. The minimum Gasteiger partial charge on any atom is -0.380 e. The Labute approximate surface area is 93.2 Å². The molecule has 0 amide bonds. The summed E-state index contributed by atoms with van der Waals surface area (Å²) < 4.78 is 0. The van der Waals surface area contributed by atoms with E-state index in [2.05, 4.69) is 10.5 Å². The topological polar surface area (TPSA) is 85.7 Å². The second kappa shape index (κ2) is 4.56. The van der Waals surface area contributed by atoms with Crippen LogP contribution in [0, 0.1) is 0 Å². The van der Waals surface area contributed by atoms with Gasteiger partial charge in [-0.15, -0.1) is 12.4 Å². The molecule has 0 fully saturated rings. The number of guanidine groups is 1. The molecule has 1 aromatic rings. The van der Waals surface area contributed by atoms with Gasteiger partial charge in [-0.25, -0.2) is 5.48 Å². The second-order valence-electron chi connectivity index (χ2n) is 2.81. The van der Waals surface area contributed by atoms with Gasteiger partial charge >= 0.3 is 0 Å². The summed E-state index contributed by atoms with van der Waals surface area (Å²) in [7, 11) is 0. The number of rotatable bonds is 1. The lowest BCUT2D eigenvalue weighted by Gasteiger charge is -2.15. The Morgan fingerprint density at radius 1 is 1.27 bits per heavy atom. The first-order valence-electron chi connectivity index (χ1n) is 4.09. The van der Waals surface area contributed by atoms with E-state index in [0.29, 0.717) is 5.82 Å². The van der Waals surface area contributed by atoms with Gasteiger partial charge in [-0.2, -0.15) is 4.99 Å². The first-order chi connectivity index (χ1) is 6.75. The second-order valence-corrected chi connectivity index (χ2v) is 2.81. The van der Waals surface area contributed by atoms with E-state index < -0.39 is 0 Å². The molecule has 5 nitrogen and oxygen atoms in total. The van der Waals surface area contributed by atoms with Crippen LogP contribution in [-0.2, 0) is 0 Å². The van der Waals surface area contributed by atoms with E-state index in [1.54, 1.807) is 6.08 Å². The van der Waals surface area contributed by atoms with Gasteiger partial charge in [0.2, 0.25) is 0 Å². The minimum absolute atomic E-state index is 0. The molecule has 1 aliphatic rings. The molecule has 0 bridgehead atoms. The SMILES string of the molecule is Cl.NC(N)=NC1=Cc2ccccc2ON1. The maximum absolute atomic E-state index is 5.23. The van der Waals surface area contributed by atoms with Crippen LogP contribution in [0.5, 0.6) is 5.75 Å². The van der Waals surface area contributed by atoms with E-state index in [-0.39, 0.29) is 18.4 Å². The normalized spacial score (nSPS) is 12.1. The largest absolute Gasteiger partial charge is 0.380 e. The lowest BCUT2D eigenvalue weighted by atomic mass is 10.2. The molecule has 0 saturated heterocycles. The van der Waals surface area contributed by atoms with E-state index in [0.717, 1.165) is 11.3 Å². The van der Waals surface area contributed by atoms with Gasteiger partial charge in [-0.05, 0) is 12.1 Å². The number of para-hydroxylation sites is 1. The Morgan fingerprint density at radius 3 is 2.73 bits per heavy atom. The van der Waals surface area contributed by atoms with Crippen molar-refractivity contribution in [1.29, 1.82) is 0 Å². The molecule has 0 aliphatic carbocycles. The van der Waals surface area contributed by atoms with Gasteiger partial charge in [0, 0.05) is 5.56 Å². The third-order valence-corrected chi connectivity index (χ3v) is 1.73. The molecule has 0 unspecified atom stereocenters. The number of nitrogens with two attached hydrogens (primary N) is 2. The fourth-order valence-corrected chi connectivity index (χ4v) is 1.17. The Morgan fingerprint density at radius 2 is 2.00 bits per heavy atom. The molecule has 2 rings (SSSR count). The highest BCUT2D eigenvalue weighted by atomic mass is 35.5. The van der Waals surface area contributed by atoms with E-state index >= 15 is 0 Å². The van der Waals surface area contributed by atoms with Crippen LogP contribution >= 0.6 is 12.4 Å². The number of hydrogen-bond donors (Lipinski definition) is 3. The number of halogens is 1. The van der Waals surface area contributed by atoms with Gasteiger partial charge < -0.3 is 16.3 Å². The van der Waals surface area contributed by atoms with Crippen molar-refractivity contribution in [3.05, 3.63) is 35.6 Å². The molecule has 0 atom stereocenters. The number of benzene rings is 1. The van der Waals surface area contributed by atoms with Crippen molar-refractivity contribution in [3.63, 3.8) is 0 Å². The van der Waals surface area contributed by atoms with E-state index in [1.165, 1.54) is 0 Å². The van der Waals surface area contributed by atoms with Crippen LogP contribution in [0.4, 0.5) is 0 Å². The lowest BCUT2D eigenvalue weighted by molar-refractivity contribution is 0.224. The standard InChI is InChI=1S/C9H10N4O.ClH/c10-9(11)12-8-5-6-3-1-2-4-7(6)14-13-8;/h1-5,13H,(H4,10,11,12);1H. The van der Waals surface area contributed by atoms with Crippen LogP contribution in [0.15, 0.2) is 35.1 Å². The number of nitrogens with zero attached hydrogens (tertiary/aromatic N) is 1. The molecular formula is C9H11ClN4O. The Bertz CT molecular complexity index is 412. The van der Waals surface area contributed by atoms with Crippen molar-refractivity contribution < 1.29 is 4.84 Å². The molecule has 1 heterocycles. The predicted molar refractivity (Wildman–Crippen MR) is 61.2 cm³/mol. The Hall–Kier alpha value is -1.88. The molecular weight excluding hydrogens is 216 g/mol. The van der Waals surface area contributed by atoms with Crippen LogP contribution in [0.2, 0.25) is 0 Å². The molecule has 6 heteroatoms. The van der Waals surface area contributed by atoms with Gasteiger partial charge in [0.05, 0.1) is 0 Å². The van der Waals surface area contributed by atoms with Crippen LogP contribution in [-0.4, -0.2) is 5.96 Å². The minimum atomic E-state index is -0.00766. The summed E-state index contributed by atoms with van der Waals surface area (Å²) in [5, 5.41) is 0. The third-order valence-electron chi connectivity index (χ3n) is 1.73. The first kappa shape index (κ1) is 11.2. The number of aliphatic imine (C=N–C) groups is 1. The molecule has 0 spiro atoms. The summed E-state index contributed by atoms with van der Waals surface area (Å²) in [6.07, 6.45) is 1.80. The zero-order valence-corrected chi connectivity index (χ0v) is 8.62. The highest BCUT2D eigenvalue weighted by molar-refractivity contribution is 5.85. The van der Waals surface area contributed by atoms with Crippen LogP contribution < -0.4 is 21.8 Å². The van der Waals surface area contributed by atoms with Gasteiger partial charge in [0.15, 0.2) is 17.5 Å². The average molecular weight is 227 g/mol. The van der Waals surface area contributed by atoms with Gasteiger partial charge in [0.25, 0.3) is 0 Å². The maximum atomic E-state index is 5.23. The van der Waals surface area contributed by atoms with Crippen molar-refractivity contribution in [1.82, 2.24) is 5.48 Å². The highest BCUT2D eigenvalue weighted by Crippen LogP contribution is 2.23. The van der Waals surface area contributed by atoms with E-state index in [4.69, 9.17) is 16.3 Å². The highest BCUT2D eigenvalue weighted by Gasteiger charge is 2.09.